The second kappa shape index (κ2) is 4.13. The Balaban J connectivity index is 3.19. The first-order valence-corrected chi connectivity index (χ1v) is 4.02. The molecule has 0 spiro atoms. The largest absolute Gasteiger partial charge is 0.410 e. The van der Waals surface area contributed by atoms with Gasteiger partial charge in [0, 0.05) is 5.56 Å². The van der Waals surface area contributed by atoms with Gasteiger partial charge >= 0.3 is 0 Å². The minimum atomic E-state index is -0.0635. The van der Waals surface area contributed by atoms with Crippen LogP contribution in [-0.4, -0.2) is 10.4 Å². The highest BCUT2D eigenvalue weighted by Crippen LogP contribution is 2.18. The Morgan fingerprint density at radius 1 is 1.54 bits per heavy atom. The summed E-state index contributed by atoms with van der Waals surface area (Å²) in [6.07, 6.45) is 0. The van der Waals surface area contributed by atoms with Gasteiger partial charge in [0.25, 0.3) is 0 Å². The minimum Gasteiger partial charge on any atom is -0.410 e. The average molecular weight is 215 g/mol. The van der Waals surface area contributed by atoms with Gasteiger partial charge in [0.1, 0.15) is 6.07 Å². The zero-order valence-corrected chi connectivity index (χ0v) is 7.84. The third-order valence-electron chi connectivity index (χ3n) is 1.42. The molecule has 0 aliphatic heterocycles. The number of hydrogen-bond donors (Lipinski definition) is 1. The molecule has 1 rings (SSSR count). The number of halogens is 2. The molecule has 66 valence electrons. The van der Waals surface area contributed by atoms with E-state index in [1.165, 1.54) is 12.1 Å². The van der Waals surface area contributed by atoms with E-state index in [0.717, 1.165) is 0 Å². The quantitative estimate of drug-likeness (QED) is 0.444. The number of oxime groups is 1. The summed E-state index contributed by atoms with van der Waals surface area (Å²) in [7, 11) is 0. The van der Waals surface area contributed by atoms with Crippen LogP contribution in [0.5, 0.6) is 0 Å². The van der Waals surface area contributed by atoms with Crippen molar-refractivity contribution < 1.29 is 5.21 Å². The van der Waals surface area contributed by atoms with E-state index >= 15 is 0 Å². The Morgan fingerprint density at radius 2 is 2.23 bits per heavy atom. The lowest BCUT2D eigenvalue weighted by Gasteiger charge is -1.98. The van der Waals surface area contributed by atoms with E-state index < -0.39 is 0 Å². The van der Waals surface area contributed by atoms with Crippen LogP contribution < -0.4 is 0 Å². The lowest BCUT2D eigenvalue weighted by atomic mass is 10.1. The van der Waals surface area contributed by atoms with Crippen molar-refractivity contribution in [1.29, 1.82) is 5.26 Å². The van der Waals surface area contributed by atoms with Gasteiger partial charge < -0.3 is 5.21 Å². The first-order chi connectivity index (χ1) is 6.19. The molecular formula is C8H4Cl2N2O. The first kappa shape index (κ1) is 9.85. The van der Waals surface area contributed by atoms with Gasteiger partial charge in [0.05, 0.1) is 10.6 Å². The lowest BCUT2D eigenvalue weighted by molar-refractivity contribution is 0.321. The number of hydrogen-bond acceptors (Lipinski definition) is 3. The smallest absolute Gasteiger partial charge is 0.175 e. The molecule has 0 amide bonds. The van der Waals surface area contributed by atoms with Crippen LogP contribution in [0.1, 0.15) is 11.1 Å². The van der Waals surface area contributed by atoms with Gasteiger partial charge in [-0.15, -0.1) is 0 Å². The van der Waals surface area contributed by atoms with Crippen LogP contribution in [0, 0.1) is 11.3 Å². The van der Waals surface area contributed by atoms with E-state index in [2.05, 4.69) is 5.16 Å². The van der Waals surface area contributed by atoms with Gasteiger partial charge in [0.2, 0.25) is 0 Å². The summed E-state index contributed by atoms with van der Waals surface area (Å²) >= 11 is 11.2. The van der Waals surface area contributed by atoms with Crippen LogP contribution in [0.2, 0.25) is 5.02 Å². The molecule has 0 unspecified atom stereocenters. The molecule has 1 aromatic rings. The maximum atomic E-state index is 8.56. The van der Waals surface area contributed by atoms with Crippen LogP contribution in [0.4, 0.5) is 0 Å². The Hall–Kier alpha value is -1.24. The molecule has 5 heteroatoms. The number of benzene rings is 1. The van der Waals surface area contributed by atoms with Crippen molar-refractivity contribution in [3.05, 3.63) is 34.3 Å². The molecule has 0 fully saturated rings. The molecule has 1 N–H and O–H groups in total. The highest BCUT2D eigenvalue weighted by Gasteiger charge is 2.04. The van der Waals surface area contributed by atoms with Crippen LogP contribution in [-0.2, 0) is 0 Å². The monoisotopic (exact) mass is 214 g/mol. The van der Waals surface area contributed by atoms with Crippen LogP contribution >= 0.6 is 23.2 Å². The fourth-order valence-corrected chi connectivity index (χ4v) is 1.13. The summed E-state index contributed by atoms with van der Waals surface area (Å²) in [6, 6.07) is 6.42. The molecule has 0 aliphatic carbocycles. The van der Waals surface area contributed by atoms with Crippen LogP contribution in [0.25, 0.3) is 0 Å². The van der Waals surface area contributed by atoms with E-state index in [4.69, 9.17) is 33.7 Å². The molecule has 1 aromatic carbocycles. The van der Waals surface area contributed by atoms with Gasteiger partial charge in [-0.05, 0) is 12.1 Å². The second-order valence-corrected chi connectivity index (χ2v) is 2.96. The van der Waals surface area contributed by atoms with Crippen molar-refractivity contribution in [3.8, 4) is 6.07 Å². The third-order valence-corrected chi connectivity index (χ3v) is 2.02. The molecule has 0 aromatic heterocycles. The first-order valence-electron chi connectivity index (χ1n) is 3.26. The Kier molecular flexibility index (Phi) is 3.13. The Labute approximate surface area is 84.8 Å². The van der Waals surface area contributed by atoms with Gasteiger partial charge in [-0.3, -0.25) is 0 Å². The second-order valence-electron chi connectivity index (χ2n) is 2.20. The molecule has 0 radical (unpaired) electrons. The summed E-state index contributed by atoms with van der Waals surface area (Å²) in [5.74, 6) is 0. The summed E-state index contributed by atoms with van der Waals surface area (Å²) < 4.78 is 0. The maximum Gasteiger partial charge on any atom is 0.175 e. The zero-order valence-electron chi connectivity index (χ0n) is 6.33. The van der Waals surface area contributed by atoms with Gasteiger partial charge in [0.15, 0.2) is 5.17 Å². The summed E-state index contributed by atoms with van der Waals surface area (Å²) in [6.45, 7) is 0. The highest BCUT2D eigenvalue weighted by atomic mass is 35.5. The van der Waals surface area contributed by atoms with Gasteiger partial charge in [-0.2, -0.15) is 5.26 Å². The standard InChI is InChI=1S/C8H4Cl2N2O/c9-7-3-5(8(10)12-13)1-2-6(7)4-11/h1-3,13H. The summed E-state index contributed by atoms with van der Waals surface area (Å²) in [4.78, 5) is 0. The summed E-state index contributed by atoms with van der Waals surface area (Å²) in [5.41, 5.74) is 0.820. The molecule has 0 saturated heterocycles. The van der Waals surface area contributed by atoms with Crippen molar-refractivity contribution >= 4 is 28.4 Å². The van der Waals surface area contributed by atoms with Gasteiger partial charge in [-0.25, -0.2) is 0 Å². The highest BCUT2D eigenvalue weighted by molar-refractivity contribution is 6.69. The normalized spacial score (nSPS) is 11.0. The molecule has 0 saturated carbocycles. The molecule has 0 aliphatic rings. The van der Waals surface area contributed by atoms with Gasteiger partial charge in [-0.1, -0.05) is 34.4 Å². The lowest BCUT2D eigenvalue weighted by Crippen LogP contribution is -1.91. The molecule has 0 bridgehead atoms. The Morgan fingerprint density at radius 3 is 2.69 bits per heavy atom. The predicted molar refractivity (Wildman–Crippen MR) is 50.3 cm³/mol. The molecule has 0 heterocycles. The van der Waals surface area contributed by atoms with E-state index in [0.29, 0.717) is 11.1 Å². The van der Waals surface area contributed by atoms with E-state index in [1.807, 2.05) is 6.07 Å². The number of nitrogens with zero attached hydrogens (tertiary/aromatic N) is 2. The third kappa shape index (κ3) is 2.11. The molecule has 3 nitrogen and oxygen atoms in total. The maximum absolute atomic E-state index is 8.56. The summed E-state index contributed by atoms with van der Waals surface area (Å²) in [5, 5.41) is 19.9. The van der Waals surface area contributed by atoms with Crippen molar-refractivity contribution in [2.75, 3.05) is 0 Å². The van der Waals surface area contributed by atoms with Crippen LogP contribution in [0.3, 0.4) is 0 Å². The van der Waals surface area contributed by atoms with Crippen molar-refractivity contribution in [2.45, 2.75) is 0 Å². The zero-order chi connectivity index (χ0) is 9.84. The molecule has 0 atom stereocenters. The predicted octanol–water partition coefficient (Wildman–Crippen LogP) is 2.59. The Bertz CT molecular complexity index is 396. The molecular weight excluding hydrogens is 211 g/mol. The fourth-order valence-electron chi connectivity index (χ4n) is 0.792. The SMILES string of the molecule is N#Cc1ccc(C(Cl)=NO)cc1Cl. The van der Waals surface area contributed by atoms with Crippen molar-refractivity contribution in [1.82, 2.24) is 0 Å². The number of rotatable bonds is 1. The van der Waals surface area contributed by atoms with Crippen molar-refractivity contribution in [2.24, 2.45) is 5.16 Å². The van der Waals surface area contributed by atoms with Crippen molar-refractivity contribution in [3.63, 3.8) is 0 Å². The molecule has 13 heavy (non-hydrogen) atoms. The number of nitriles is 1. The van der Waals surface area contributed by atoms with E-state index in [9.17, 15) is 0 Å². The van der Waals surface area contributed by atoms with E-state index in [1.54, 1.807) is 6.07 Å². The van der Waals surface area contributed by atoms with Crippen LogP contribution in [0.15, 0.2) is 23.4 Å². The minimum absolute atomic E-state index is 0.0635. The van der Waals surface area contributed by atoms with E-state index in [-0.39, 0.29) is 10.2 Å². The fraction of sp³-hybridized carbons (Fsp3) is 0. The topological polar surface area (TPSA) is 56.4 Å². The average Bonchev–Trinajstić information content (AvgIpc) is 2.16.